The van der Waals surface area contributed by atoms with Crippen molar-refractivity contribution in [2.75, 3.05) is 12.3 Å². The third kappa shape index (κ3) is 3.52. The predicted octanol–water partition coefficient (Wildman–Crippen LogP) is 3.03. The summed E-state index contributed by atoms with van der Waals surface area (Å²) >= 11 is 6.82. The molecule has 2 heterocycles. The van der Waals surface area contributed by atoms with Crippen LogP contribution in [-0.4, -0.2) is 39.5 Å². The van der Waals surface area contributed by atoms with Gasteiger partial charge in [-0.05, 0) is 37.1 Å². The van der Waals surface area contributed by atoms with Gasteiger partial charge in [-0.15, -0.1) is 11.3 Å². The zero-order chi connectivity index (χ0) is 17.4. The lowest BCUT2D eigenvalue weighted by Crippen LogP contribution is -2.39. The first-order valence-corrected chi connectivity index (χ1v) is 11.6. The van der Waals surface area contributed by atoms with Crippen molar-refractivity contribution in [3.05, 3.63) is 46.8 Å². The van der Waals surface area contributed by atoms with Gasteiger partial charge in [0.05, 0.1) is 15.0 Å². The van der Waals surface area contributed by atoms with Gasteiger partial charge in [0, 0.05) is 12.6 Å². The molecule has 0 bridgehead atoms. The van der Waals surface area contributed by atoms with E-state index in [-0.39, 0.29) is 14.9 Å². The Morgan fingerprint density at radius 3 is 2.42 bits per heavy atom. The van der Waals surface area contributed by atoms with Crippen molar-refractivity contribution in [3.63, 3.8) is 0 Å². The van der Waals surface area contributed by atoms with Gasteiger partial charge in [0.1, 0.15) is 4.21 Å². The minimum absolute atomic E-state index is 0.150. The van der Waals surface area contributed by atoms with Crippen molar-refractivity contribution < 1.29 is 16.8 Å². The first-order chi connectivity index (χ1) is 11.3. The molecule has 1 aromatic heterocycles. The molecular weight excluding hydrogens is 390 g/mol. The highest BCUT2D eigenvalue weighted by Crippen LogP contribution is 2.33. The van der Waals surface area contributed by atoms with Crippen molar-refractivity contribution >= 4 is 42.8 Å². The predicted molar refractivity (Wildman–Crippen MR) is 94.7 cm³/mol. The number of hydrogen-bond acceptors (Lipinski definition) is 5. The van der Waals surface area contributed by atoms with E-state index in [1.165, 1.54) is 28.6 Å². The summed E-state index contributed by atoms with van der Waals surface area (Å²) in [5, 5.41) is 0. The molecule has 9 heteroatoms. The van der Waals surface area contributed by atoms with E-state index in [4.69, 9.17) is 11.6 Å². The lowest BCUT2D eigenvalue weighted by atomic mass is 10.3. The maximum Gasteiger partial charge on any atom is 0.252 e. The van der Waals surface area contributed by atoms with E-state index in [1.54, 1.807) is 18.2 Å². The fourth-order valence-corrected chi connectivity index (χ4v) is 7.84. The van der Waals surface area contributed by atoms with Gasteiger partial charge in [0.2, 0.25) is 0 Å². The summed E-state index contributed by atoms with van der Waals surface area (Å²) < 4.78 is 52.5. The van der Waals surface area contributed by atoms with E-state index in [9.17, 15) is 16.8 Å². The third-order valence-corrected chi connectivity index (χ3v) is 9.41. The summed E-state index contributed by atoms with van der Waals surface area (Å²) in [6.07, 6.45) is 1.18. The van der Waals surface area contributed by atoms with Crippen molar-refractivity contribution in [2.24, 2.45) is 0 Å². The van der Waals surface area contributed by atoms with Gasteiger partial charge in [-0.2, -0.15) is 4.31 Å². The Hall–Kier alpha value is -0.930. The van der Waals surface area contributed by atoms with Crippen LogP contribution in [0.4, 0.5) is 0 Å². The van der Waals surface area contributed by atoms with E-state index >= 15 is 0 Å². The second kappa shape index (κ2) is 6.76. The minimum atomic E-state index is -3.72. The molecule has 1 aromatic carbocycles. The number of hydrogen-bond donors (Lipinski definition) is 0. The molecule has 1 saturated heterocycles. The van der Waals surface area contributed by atoms with Gasteiger partial charge in [0.25, 0.3) is 10.0 Å². The van der Waals surface area contributed by atoms with Crippen LogP contribution in [0.2, 0.25) is 4.34 Å². The van der Waals surface area contributed by atoms with Crippen LogP contribution in [0.3, 0.4) is 0 Å². The number of sulfonamides is 1. The van der Waals surface area contributed by atoms with Crippen LogP contribution in [0.1, 0.15) is 12.8 Å². The summed E-state index contributed by atoms with van der Waals surface area (Å²) in [7, 11) is -7.26. The number of thiophene rings is 1. The second-order valence-corrected chi connectivity index (χ2v) is 11.4. The maximum atomic E-state index is 12.8. The van der Waals surface area contributed by atoms with E-state index in [2.05, 4.69) is 0 Å². The highest BCUT2D eigenvalue weighted by Gasteiger charge is 2.38. The van der Waals surface area contributed by atoms with Gasteiger partial charge in [-0.3, -0.25) is 0 Å². The normalized spacial score (nSPS) is 19.6. The van der Waals surface area contributed by atoms with Gasteiger partial charge in [-0.25, -0.2) is 16.8 Å². The highest BCUT2D eigenvalue weighted by atomic mass is 35.5. The van der Waals surface area contributed by atoms with E-state index in [1.807, 2.05) is 0 Å². The summed E-state index contributed by atoms with van der Waals surface area (Å²) in [6.45, 7) is 0.326. The molecule has 1 unspecified atom stereocenters. The number of nitrogens with zero attached hydrogens (tertiary/aromatic N) is 1. The lowest BCUT2D eigenvalue weighted by Gasteiger charge is -2.23. The number of halogens is 1. The van der Waals surface area contributed by atoms with Crippen molar-refractivity contribution in [2.45, 2.75) is 28.0 Å². The Labute approximate surface area is 150 Å². The first kappa shape index (κ1) is 17.9. The Kier molecular flexibility index (Phi) is 5.04. The molecule has 24 heavy (non-hydrogen) atoms. The summed E-state index contributed by atoms with van der Waals surface area (Å²) in [6, 6.07) is 10.6. The fourth-order valence-electron chi connectivity index (χ4n) is 2.82. The van der Waals surface area contributed by atoms with Crippen LogP contribution in [0.25, 0.3) is 0 Å². The molecule has 1 fully saturated rings. The SMILES string of the molecule is O=S(=O)(CC1CCCN1S(=O)(=O)c1ccc(Cl)s1)c1ccccc1. The van der Waals surface area contributed by atoms with E-state index in [0.29, 0.717) is 23.7 Å². The first-order valence-electron chi connectivity index (χ1n) is 7.36. The fraction of sp³-hybridized carbons (Fsp3) is 0.333. The maximum absolute atomic E-state index is 12.8. The topological polar surface area (TPSA) is 71.5 Å². The number of rotatable bonds is 5. The third-order valence-electron chi connectivity index (χ3n) is 3.95. The van der Waals surface area contributed by atoms with E-state index < -0.39 is 25.9 Å². The molecule has 3 rings (SSSR count). The van der Waals surface area contributed by atoms with Crippen LogP contribution in [0, 0.1) is 0 Å². The Bertz CT molecular complexity index is 923. The van der Waals surface area contributed by atoms with Gasteiger partial charge < -0.3 is 0 Å². The quantitative estimate of drug-likeness (QED) is 0.766. The monoisotopic (exact) mass is 405 g/mol. The molecule has 130 valence electrons. The molecule has 0 amide bonds. The summed E-state index contributed by atoms with van der Waals surface area (Å²) in [4.78, 5) is 0.216. The van der Waals surface area contributed by atoms with Gasteiger partial charge in [0.15, 0.2) is 9.84 Å². The Balaban J connectivity index is 1.86. The van der Waals surface area contributed by atoms with Crippen molar-refractivity contribution in [1.82, 2.24) is 4.31 Å². The smallest absolute Gasteiger partial charge is 0.224 e. The highest BCUT2D eigenvalue weighted by molar-refractivity contribution is 7.92. The van der Waals surface area contributed by atoms with Crippen LogP contribution >= 0.6 is 22.9 Å². The average Bonchev–Trinajstić information content (AvgIpc) is 3.17. The molecule has 1 atom stereocenters. The molecule has 1 aliphatic rings. The molecule has 0 radical (unpaired) electrons. The zero-order valence-corrected chi connectivity index (χ0v) is 15.8. The lowest BCUT2D eigenvalue weighted by molar-refractivity contribution is 0.409. The van der Waals surface area contributed by atoms with Crippen molar-refractivity contribution in [3.8, 4) is 0 Å². The van der Waals surface area contributed by atoms with E-state index in [0.717, 1.165) is 11.3 Å². The van der Waals surface area contributed by atoms with Crippen LogP contribution in [-0.2, 0) is 19.9 Å². The standard InChI is InChI=1S/C15H16ClNO4S3/c16-14-8-9-15(22-14)24(20,21)17-10-4-5-12(17)11-23(18,19)13-6-2-1-3-7-13/h1-3,6-9,12H,4-5,10-11H2. The second-order valence-electron chi connectivity index (χ2n) is 5.56. The molecule has 0 spiro atoms. The zero-order valence-electron chi connectivity index (χ0n) is 12.6. The minimum Gasteiger partial charge on any atom is -0.224 e. The average molecular weight is 406 g/mol. The molecule has 1 aliphatic heterocycles. The van der Waals surface area contributed by atoms with Crippen LogP contribution < -0.4 is 0 Å². The van der Waals surface area contributed by atoms with Crippen molar-refractivity contribution in [1.29, 1.82) is 0 Å². The molecular formula is C15H16ClNO4S3. The molecule has 2 aromatic rings. The molecule has 0 saturated carbocycles. The molecule has 0 aliphatic carbocycles. The Morgan fingerprint density at radius 1 is 1.08 bits per heavy atom. The van der Waals surface area contributed by atoms with Gasteiger partial charge in [-0.1, -0.05) is 29.8 Å². The summed E-state index contributed by atoms with van der Waals surface area (Å²) in [5.41, 5.74) is 0. The van der Waals surface area contributed by atoms with Gasteiger partial charge >= 0.3 is 0 Å². The largest absolute Gasteiger partial charge is 0.252 e. The van der Waals surface area contributed by atoms with Crippen LogP contribution in [0.15, 0.2) is 51.6 Å². The summed E-state index contributed by atoms with van der Waals surface area (Å²) in [5.74, 6) is -0.213. The molecule has 0 N–H and O–H groups in total. The number of benzene rings is 1. The molecule has 5 nitrogen and oxygen atoms in total. The van der Waals surface area contributed by atoms with Crippen LogP contribution in [0.5, 0.6) is 0 Å². The number of sulfone groups is 1. The Morgan fingerprint density at radius 2 is 1.79 bits per heavy atom.